The van der Waals surface area contributed by atoms with Crippen LogP contribution in [-0.2, 0) is 4.74 Å². The Labute approximate surface area is 211 Å². The summed E-state index contributed by atoms with van der Waals surface area (Å²) in [7, 11) is 1.85. The number of carbonyl (C=O) groups is 2. The fraction of sp³-hybridized carbons (Fsp3) is 0.462. The summed E-state index contributed by atoms with van der Waals surface area (Å²) in [6, 6.07) is 15.4. The average molecular weight is 504 g/mol. The Balaban J connectivity index is 1.39. The largest absolute Gasteiger partial charge is 0.448 e. The van der Waals surface area contributed by atoms with Crippen LogP contribution in [0.5, 0.6) is 0 Å². The summed E-state index contributed by atoms with van der Waals surface area (Å²) >= 11 is 12.5. The Bertz CT molecular complexity index is 996. The van der Waals surface area contributed by atoms with E-state index in [4.69, 9.17) is 27.9 Å². The number of hydrogen-bond acceptors (Lipinski definition) is 4. The Hall–Kier alpha value is -2.28. The lowest BCUT2D eigenvalue weighted by Gasteiger charge is -2.36. The molecule has 0 aliphatic carbocycles. The first-order chi connectivity index (χ1) is 16.4. The summed E-state index contributed by atoms with van der Waals surface area (Å²) in [6.45, 7) is 4.59. The van der Waals surface area contributed by atoms with E-state index in [0.717, 1.165) is 44.5 Å². The zero-order chi connectivity index (χ0) is 24.1. The van der Waals surface area contributed by atoms with Gasteiger partial charge in [-0.15, -0.1) is 0 Å². The monoisotopic (exact) mass is 503 g/mol. The number of carbonyl (C=O) groups excluding carboxylic acids is 2. The quantitative estimate of drug-likeness (QED) is 0.499. The Morgan fingerprint density at radius 2 is 1.82 bits per heavy atom. The maximum atomic E-state index is 13.0. The number of ether oxygens (including phenoxy) is 1. The number of cyclic esters (lactones) is 1. The van der Waals surface area contributed by atoms with Gasteiger partial charge in [-0.3, -0.25) is 4.79 Å². The first kappa shape index (κ1) is 24.8. The maximum absolute atomic E-state index is 13.0. The average Bonchev–Trinajstić information content (AvgIpc) is 3.29. The Morgan fingerprint density at radius 1 is 1.09 bits per heavy atom. The van der Waals surface area contributed by atoms with Gasteiger partial charge in [-0.1, -0.05) is 47.5 Å². The first-order valence-electron chi connectivity index (χ1n) is 11.8. The van der Waals surface area contributed by atoms with Crippen molar-refractivity contribution in [2.45, 2.75) is 31.2 Å². The minimum absolute atomic E-state index is 0.00368. The van der Waals surface area contributed by atoms with E-state index in [2.05, 4.69) is 4.90 Å². The molecular weight excluding hydrogens is 473 g/mol. The highest BCUT2D eigenvalue weighted by molar-refractivity contribution is 6.42. The van der Waals surface area contributed by atoms with E-state index in [0.29, 0.717) is 35.3 Å². The van der Waals surface area contributed by atoms with Crippen molar-refractivity contribution in [3.05, 3.63) is 69.7 Å². The zero-order valence-electron chi connectivity index (χ0n) is 19.5. The van der Waals surface area contributed by atoms with Crippen LogP contribution in [-0.4, -0.2) is 79.1 Å². The topological polar surface area (TPSA) is 53.1 Å². The number of likely N-dealkylation sites (N-methyl/N-ethyl adjacent to an activating group) is 1. The number of halogens is 2. The molecule has 2 fully saturated rings. The molecule has 0 N–H and O–H groups in total. The van der Waals surface area contributed by atoms with Crippen molar-refractivity contribution in [3.8, 4) is 0 Å². The number of likely N-dealkylation sites (tertiary alicyclic amines) is 1. The summed E-state index contributed by atoms with van der Waals surface area (Å²) in [5, 5.41) is 1.06. The number of nitrogens with zero attached hydrogens (tertiary/aromatic N) is 3. The van der Waals surface area contributed by atoms with Crippen LogP contribution in [0.3, 0.4) is 0 Å². The predicted molar refractivity (Wildman–Crippen MR) is 135 cm³/mol. The van der Waals surface area contributed by atoms with Gasteiger partial charge in [0.25, 0.3) is 5.91 Å². The summed E-state index contributed by atoms with van der Waals surface area (Å²) in [4.78, 5) is 30.9. The van der Waals surface area contributed by atoms with Crippen LogP contribution in [0.2, 0.25) is 10.0 Å². The van der Waals surface area contributed by atoms with Gasteiger partial charge in [0, 0.05) is 44.2 Å². The van der Waals surface area contributed by atoms with Gasteiger partial charge in [-0.05, 0) is 55.6 Å². The van der Waals surface area contributed by atoms with Crippen molar-refractivity contribution in [1.29, 1.82) is 0 Å². The van der Waals surface area contributed by atoms with Crippen LogP contribution in [0.25, 0.3) is 0 Å². The molecule has 2 aliphatic rings. The molecule has 0 radical (unpaired) electrons. The molecule has 2 aromatic carbocycles. The third kappa shape index (κ3) is 6.04. The predicted octanol–water partition coefficient (Wildman–Crippen LogP) is 5.16. The second-order valence-electron chi connectivity index (χ2n) is 9.09. The van der Waals surface area contributed by atoms with Gasteiger partial charge in [0.1, 0.15) is 6.61 Å². The number of piperidine rings is 1. The van der Waals surface area contributed by atoms with Gasteiger partial charge in [0.2, 0.25) is 0 Å². The smallest absolute Gasteiger partial charge is 0.410 e. The molecule has 2 amide bonds. The molecule has 34 heavy (non-hydrogen) atoms. The summed E-state index contributed by atoms with van der Waals surface area (Å²) in [6.07, 6.45) is 2.63. The SMILES string of the molecule is CN(CC(CCN1CCC(N2CCOC2=O)CC1)c1ccc(Cl)c(Cl)c1)C(=O)c1ccccc1. The van der Waals surface area contributed by atoms with Gasteiger partial charge in [-0.2, -0.15) is 0 Å². The van der Waals surface area contributed by atoms with Crippen LogP contribution in [0.4, 0.5) is 4.79 Å². The van der Waals surface area contributed by atoms with Gasteiger partial charge >= 0.3 is 6.09 Å². The first-order valence-corrected chi connectivity index (χ1v) is 12.6. The number of rotatable bonds is 8. The van der Waals surface area contributed by atoms with Gasteiger partial charge in [0.15, 0.2) is 0 Å². The van der Waals surface area contributed by atoms with E-state index in [1.807, 2.05) is 60.5 Å². The van der Waals surface area contributed by atoms with Crippen LogP contribution < -0.4 is 0 Å². The molecule has 1 unspecified atom stereocenters. The molecule has 1 atom stereocenters. The second kappa shape index (κ2) is 11.4. The highest BCUT2D eigenvalue weighted by Gasteiger charge is 2.32. The molecule has 0 spiro atoms. The van der Waals surface area contributed by atoms with Crippen molar-refractivity contribution >= 4 is 35.2 Å². The van der Waals surface area contributed by atoms with Gasteiger partial charge in [0.05, 0.1) is 16.6 Å². The molecule has 0 saturated carbocycles. The third-order valence-electron chi connectivity index (χ3n) is 6.86. The standard InChI is InChI=1S/C26H31Cl2N3O3/c1-29(25(32)19-5-3-2-4-6-19)18-21(20-7-8-23(27)24(28)17-20)9-12-30-13-10-22(11-14-30)31-15-16-34-26(31)33/h2-8,17,21-22H,9-16,18H2,1H3. The molecule has 182 valence electrons. The molecule has 2 saturated heterocycles. The fourth-order valence-electron chi connectivity index (χ4n) is 4.87. The lowest BCUT2D eigenvalue weighted by Crippen LogP contribution is -2.45. The molecular formula is C26H31Cl2N3O3. The molecule has 8 heteroatoms. The number of benzene rings is 2. The molecule has 2 aliphatic heterocycles. The number of amides is 2. The minimum Gasteiger partial charge on any atom is -0.448 e. The summed E-state index contributed by atoms with van der Waals surface area (Å²) < 4.78 is 5.10. The summed E-state index contributed by atoms with van der Waals surface area (Å²) in [5.41, 5.74) is 1.76. The highest BCUT2D eigenvalue weighted by Crippen LogP contribution is 2.30. The summed E-state index contributed by atoms with van der Waals surface area (Å²) in [5.74, 6) is 0.127. The van der Waals surface area contributed by atoms with Crippen molar-refractivity contribution in [2.24, 2.45) is 0 Å². The Morgan fingerprint density at radius 3 is 2.47 bits per heavy atom. The van der Waals surface area contributed by atoms with Gasteiger partial charge in [-0.25, -0.2) is 4.79 Å². The van der Waals surface area contributed by atoms with E-state index >= 15 is 0 Å². The van der Waals surface area contributed by atoms with E-state index in [1.54, 1.807) is 4.90 Å². The molecule has 6 nitrogen and oxygen atoms in total. The molecule has 0 aromatic heterocycles. The van der Waals surface area contributed by atoms with Gasteiger partial charge < -0.3 is 19.4 Å². The van der Waals surface area contributed by atoms with Crippen molar-refractivity contribution in [3.63, 3.8) is 0 Å². The van der Waals surface area contributed by atoms with E-state index in [-0.39, 0.29) is 24.0 Å². The van der Waals surface area contributed by atoms with Crippen molar-refractivity contribution in [2.75, 3.05) is 46.4 Å². The zero-order valence-corrected chi connectivity index (χ0v) is 21.0. The van der Waals surface area contributed by atoms with Crippen molar-refractivity contribution < 1.29 is 14.3 Å². The van der Waals surface area contributed by atoms with E-state index in [9.17, 15) is 9.59 Å². The lowest BCUT2D eigenvalue weighted by atomic mass is 9.94. The fourth-order valence-corrected chi connectivity index (χ4v) is 5.18. The third-order valence-corrected chi connectivity index (χ3v) is 7.60. The second-order valence-corrected chi connectivity index (χ2v) is 9.91. The van der Waals surface area contributed by atoms with Crippen LogP contribution in [0, 0.1) is 0 Å². The minimum atomic E-state index is -0.177. The van der Waals surface area contributed by atoms with Crippen molar-refractivity contribution in [1.82, 2.24) is 14.7 Å². The molecule has 4 rings (SSSR count). The van der Waals surface area contributed by atoms with E-state index < -0.39 is 0 Å². The Kier molecular flexibility index (Phi) is 8.35. The molecule has 2 heterocycles. The normalized spacial score (nSPS) is 18.1. The van der Waals surface area contributed by atoms with Crippen LogP contribution >= 0.6 is 23.2 Å². The lowest BCUT2D eigenvalue weighted by molar-refractivity contribution is 0.0779. The number of hydrogen-bond donors (Lipinski definition) is 0. The maximum Gasteiger partial charge on any atom is 0.410 e. The van der Waals surface area contributed by atoms with Crippen LogP contribution in [0.15, 0.2) is 48.5 Å². The molecule has 0 bridgehead atoms. The van der Waals surface area contributed by atoms with E-state index in [1.165, 1.54) is 0 Å². The molecule has 2 aromatic rings. The van der Waals surface area contributed by atoms with Crippen LogP contribution in [0.1, 0.15) is 41.1 Å². The highest BCUT2D eigenvalue weighted by atomic mass is 35.5.